The molecule has 1 N–H and O–H groups in total. The van der Waals surface area contributed by atoms with Gasteiger partial charge in [0.2, 0.25) is 10.0 Å². The second kappa shape index (κ2) is 7.79. The molecule has 2 rings (SSSR count). The zero-order valence-electron chi connectivity index (χ0n) is 13.6. The number of amides is 1. The van der Waals surface area contributed by atoms with Gasteiger partial charge in [-0.15, -0.1) is 0 Å². The molecule has 6 nitrogen and oxygen atoms in total. The molecule has 1 saturated heterocycles. The average molecular weight is 340 g/mol. The lowest BCUT2D eigenvalue weighted by Crippen LogP contribution is -2.43. The van der Waals surface area contributed by atoms with Gasteiger partial charge in [-0.25, -0.2) is 13.1 Å². The van der Waals surface area contributed by atoms with Crippen LogP contribution in [0.1, 0.15) is 30.1 Å². The molecular weight excluding hydrogens is 316 g/mol. The van der Waals surface area contributed by atoms with Crippen LogP contribution >= 0.6 is 0 Å². The van der Waals surface area contributed by atoms with Gasteiger partial charge in [0.1, 0.15) is 5.75 Å². The number of sulfonamides is 1. The summed E-state index contributed by atoms with van der Waals surface area (Å²) in [7, 11) is -3.19. The van der Waals surface area contributed by atoms with Crippen LogP contribution in [0.5, 0.6) is 5.75 Å². The van der Waals surface area contributed by atoms with Crippen LogP contribution in [0.4, 0.5) is 0 Å². The molecule has 23 heavy (non-hydrogen) atoms. The fraction of sp³-hybridized carbons (Fsp3) is 0.562. The summed E-state index contributed by atoms with van der Waals surface area (Å²) in [6.45, 7) is 4.17. The Balaban J connectivity index is 1.95. The molecule has 0 aliphatic carbocycles. The predicted octanol–water partition coefficient (Wildman–Crippen LogP) is 1.49. The lowest BCUT2D eigenvalue weighted by Gasteiger charge is -2.32. The number of nitrogens with zero attached hydrogens (tertiary/aromatic N) is 1. The summed E-state index contributed by atoms with van der Waals surface area (Å²) >= 11 is 0. The normalized spacial score (nSPS) is 18.7. The molecule has 0 radical (unpaired) electrons. The standard InChI is InChI=1S/C16H24N2O4S/c1-3-22-15-8-6-14(7-9-15)16(19)18-10-4-5-13(12-18)11-17-23(2,20)21/h6-9,13,17H,3-5,10-12H2,1-2H3. The van der Waals surface area contributed by atoms with Gasteiger partial charge in [0.25, 0.3) is 5.91 Å². The van der Waals surface area contributed by atoms with Crippen molar-refractivity contribution in [3.05, 3.63) is 29.8 Å². The number of hydrogen-bond donors (Lipinski definition) is 1. The molecule has 1 aliphatic heterocycles. The third kappa shape index (κ3) is 5.51. The van der Waals surface area contributed by atoms with Crippen LogP contribution in [-0.2, 0) is 10.0 Å². The summed E-state index contributed by atoms with van der Waals surface area (Å²) in [6.07, 6.45) is 2.97. The van der Waals surface area contributed by atoms with Crippen molar-refractivity contribution in [1.82, 2.24) is 9.62 Å². The first-order chi connectivity index (χ1) is 10.9. The van der Waals surface area contributed by atoms with Crippen LogP contribution < -0.4 is 9.46 Å². The van der Waals surface area contributed by atoms with Gasteiger partial charge in [0, 0.05) is 25.2 Å². The molecule has 0 bridgehead atoms. The van der Waals surface area contributed by atoms with Crippen molar-refractivity contribution in [3.8, 4) is 5.75 Å². The van der Waals surface area contributed by atoms with Gasteiger partial charge in [-0.05, 0) is 49.9 Å². The average Bonchev–Trinajstić information content (AvgIpc) is 2.53. The first-order valence-electron chi connectivity index (χ1n) is 7.86. The Morgan fingerprint density at radius 1 is 1.35 bits per heavy atom. The molecule has 0 saturated carbocycles. The molecule has 1 amide bonds. The Kier molecular flexibility index (Phi) is 6.01. The van der Waals surface area contributed by atoms with E-state index in [1.165, 1.54) is 0 Å². The molecule has 1 fully saturated rings. The first-order valence-corrected chi connectivity index (χ1v) is 9.75. The van der Waals surface area contributed by atoms with Gasteiger partial charge in [0.15, 0.2) is 0 Å². The molecule has 1 aliphatic rings. The van der Waals surface area contributed by atoms with Crippen molar-refractivity contribution < 1.29 is 17.9 Å². The Morgan fingerprint density at radius 3 is 2.65 bits per heavy atom. The van der Waals surface area contributed by atoms with Crippen LogP contribution in [-0.4, -0.2) is 51.7 Å². The van der Waals surface area contributed by atoms with E-state index < -0.39 is 10.0 Å². The minimum atomic E-state index is -3.19. The Bertz CT molecular complexity index is 628. The summed E-state index contributed by atoms with van der Waals surface area (Å²) in [4.78, 5) is 14.4. The highest BCUT2D eigenvalue weighted by molar-refractivity contribution is 7.88. The highest BCUT2D eigenvalue weighted by Crippen LogP contribution is 2.20. The van der Waals surface area contributed by atoms with Gasteiger partial charge in [-0.3, -0.25) is 4.79 Å². The molecule has 1 heterocycles. The van der Waals surface area contributed by atoms with Crippen LogP contribution in [0, 0.1) is 5.92 Å². The van der Waals surface area contributed by atoms with E-state index in [4.69, 9.17) is 4.74 Å². The van der Waals surface area contributed by atoms with Crippen LogP contribution in [0.2, 0.25) is 0 Å². The third-order valence-corrected chi connectivity index (χ3v) is 4.54. The van der Waals surface area contributed by atoms with Crippen molar-refractivity contribution in [1.29, 1.82) is 0 Å². The minimum Gasteiger partial charge on any atom is -0.494 e. The zero-order valence-corrected chi connectivity index (χ0v) is 14.4. The molecule has 0 aromatic heterocycles. The number of nitrogens with one attached hydrogen (secondary N) is 1. The van der Waals surface area contributed by atoms with Crippen LogP contribution in [0.3, 0.4) is 0 Å². The van der Waals surface area contributed by atoms with E-state index in [-0.39, 0.29) is 11.8 Å². The zero-order chi connectivity index (χ0) is 16.9. The number of benzene rings is 1. The van der Waals surface area contributed by atoms with E-state index in [9.17, 15) is 13.2 Å². The van der Waals surface area contributed by atoms with Crippen LogP contribution in [0.25, 0.3) is 0 Å². The van der Waals surface area contributed by atoms with Gasteiger partial charge < -0.3 is 9.64 Å². The Morgan fingerprint density at radius 2 is 2.04 bits per heavy atom. The number of carbonyl (C=O) groups excluding carboxylic acids is 1. The third-order valence-electron chi connectivity index (χ3n) is 3.85. The quantitative estimate of drug-likeness (QED) is 0.851. The minimum absolute atomic E-state index is 0.0166. The SMILES string of the molecule is CCOc1ccc(C(=O)N2CCCC(CNS(C)(=O)=O)C2)cc1. The summed E-state index contributed by atoms with van der Waals surface area (Å²) in [6, 6.07) is 7.13. The Hall–Kier alpha value is -1.60. The van der Waals surface area contributed by atoms with Gasteiger partial charge in [-0.1, -0.05) is 0 Å². The number of hydrogen-bond acceptors (Lipinski definition) is 4. The highest BCUT2D eigenvalue weighted by atomic mass is 32.2. The van der Waals surface area contributed by atoms with Gasteiger partial charge in [-0.2, -0.15) is 0 Å². The first kappa shape index (κ1) is 17.7. The monoisotopic (exact) mass is 340 g/mol. The maximum absolute atomic E-state index is 12.6. The van der Waals surface area contributed by atoms with E-state index >= 15 is 0 Å². The van der Waals surface area contributed by atoms with Crippen molar-refractivity contribution >= 4 is 15.9 Å². The van der Waals surface area contributed by atoms with Crippen molar-refractivity contribution in [2.75, 3.05) is 32.5 Å². The molecule has 1 atom stereocenters. The van der Waals surface area contributed by atoms with Crippen molar-refractivity contribution in [2.45, 2.75) is 19.8 Å². The van der Waals surface area contributed by atoms with Gasteiger partial charge >= 0.3 is 0 Å². The Labute approximate surface area is 137 Å². The van der Waals surface area contributed by atoms with E-state index in [0.717, 1.165) is 24.8 Å². The van der Waals surface area contributed by atoms with Crippen molar-refractivity contribution in [3.63, 3.8) is 0 Å². The smallest absolute Gasteiger partial charge is 0.253 e. The maximum atomic E-state index is 12.6. The molecule has 1 aromatic rings. The number of likely N-dealkylation sites (tertiary alicyclic amines) is 1. The van der Waals surface area contributed by atoms with Gasteiger partial charge in [0.05, 0.1) is 12.9 Å². The summed E-state index contributed by atoms with van der Waals surface area (Å²) in [5.41, 5.74) is 0.630. The second-order valence-corrected chi connectivity index (χ2v) is 7.67. The maximum Gasteiger partial charge on any atom is 0.253 e. The largest absolute Gasteiger partial charge is 0.494 e. The fourth-order valence-electron chi connectivity index (χ4n) is 2.73. The molecule has 7 heteroatoms. The topological polar surface area (TPSA) is 75.7 Å². The molecule has 0 spiro atoms. The molecule has 1 unspecified atom stereocenters. The van der Waals surface area contributed by atoms with Crippen LogP contribution in [0.15, 0.2) is 24.3 Å². The summed E-state index contributed by atoms with van der Waals surface area (Å²) < 4.78 is 30.3. The van der Waals surface area contributed by atoms with E-state index in [2.05, 4.69) is 4.72 Å². The lowest BCUT2D eigenvalue weighted by atomic mass is 9.97. The lowest BCUT2D eigenvalue weighted by molar-refractivity contribution is 0.0676. The highest BCUT2D eigenvalue weighted by Gasteiger charge is 2.25. The molecular formula is C16H24N2O4S. The van der Waals surface area contributed by atoms with E-state index in [1.807, 2.05) is 6.92 Å². The number of carbonyl (C=O) groups is 1. The predicted molar refractivity (Wildman–Crippen MR) is 89.1 cm³/mol. The second-order valence-electron chi connectivity index (χ2n) is 5.84. The fourth-order valence-corrected chi connectivity index (χ4v) is 3.27. The molecule has 1 aromatic carbocycles. The van der Waals surface area contributed by atoms with E-state index in [1.54, 1.807) is 29.2 Å². The summed E-state index contributed by atoms with van der Waals surface area (Å²) in [5.74, 6) is 0.889. The molecule has 128 valence electrons. The number of rotatable bonds is 6. The van der Waals surface area contributed by atoms with Crippen molar-refractivity contribution in [2.24, 2.45) is 5.92 Å². The number of ether oxygens (including phenoxy) is 1. The summed E-state index contributed by atoms with van der Waals surface area (Å²) in [5, 5.41) is 0. The van der Waals surface area contributed by atoms with E-state index in [0.29, 0.717) is 31.8 Å². The number of piperidine rings is 1.